The van der Waals surface area contributed by atoms with Gasteiger partial charge in [0.2, 0.25) is 5.78 Å². The SMILES string of the molecule is Cc1ccnc2nc(C(=O)O[C@H](C)C(=O)c3cccc(Cl)c3)nn12. The van der Waals surface area contributed by atoms with Crippen LogP contribution >= 0.6 is 11.6 Å². The molecular formula is C16H13ClN4O3. The van der Waals surface area contributed by atoms with E-state index in [0.29, 0.717) is 10.6 Å². The number of esters is 1. The fourth-order valence-electron chi connectivity index (χ4n) is 2.14. The van der Waals surface area contributed by atoms with Gasteiger partial charge in [-0.15, -0.1) is 5.10 Å². The summed E-state index contributed by atoms with van der Waals surface area (Å²) >= 11 is 5.87. The number of benzene rings is 1. The van der Waals surface area contributed by atoms with E-state index in [-0.39, 0.29) is 17.4 Å². The van der Waals surface area contributed by atoms with Crippen molar-refractivity contribution < 1.29 is 14.3 Å². The Morgan fingerprint density at radius 2 is 2.08 bits per heavy atom. The molecule has 0 aliphatic carbocycles. The molecule has 0 amide bonds. The number of ketones is 1. The molecular weight excluding hydrogens is 332 g/mol. The Hall–Kier alpha value is -2.80. The number of hydrogen-bond donors (Lipinski definition) is 0. The van der Waals surface area contributed by atoms with Crippen LogP contribution in [0.3, 0.4) is 0 Å². The standard InChI is InChI=1S/C16H13ClN4O3/c1-9-6-7-18-16-19-14(20-21(9)16)15(23)24-10(2)13(22)11-4-3-5-12(17)8-11/h3-8,10H,1-2H3/t10-/m1/s1. The maximum absolute atomic E-state index is 12.3. The Labute approximate surface area is 142 Å². The van der Waals surface area contributed by atoms with Gasteiger partial charge in [-0.2, -0.15) is 4.98 Å². The number of aromatic nitrogens is 4. The van der Waals surface area contributed by atoms with Crippen LogP contribution in [0.2, 0.25) is 5.02 Å². The summed E-state index contributed by atoms with van der Waals surface area (Å²) in [6.45, 7) is 3.30. The monoisotopic (exact) mass is 344 g/mol. The quantitative estimate of drug-likeness (QED) is 0.534. The molecule has 0 spiro atoms. The van der Waals surface area contributed by atoms with Gasteiger partial charge in [0.1, 0.15) is 0 Å². The van der Waals surface area contributed by atoms with Crippen LogP contribution in [0, 0.1) is 6.92 Å². The van der Waals surface area contributed by atoms with E-state index in [1.54, 1.807) is 30.5 Å². The van der Waals surface area contributed by atoms with Crippen molar-refractivity contribution >= 4 is 29.1 Å². The average molecular weight is 345 g/mol. The number of Topliss-reactive ketones (excluding diaryl/α,β-unsaturated/α-hetero) is 1. The molecule has 2 aromatic heterocycles. The topological polar surface area (TPSA) is 86.5 Å². The summed E-state index contributed by atoms with van der Waals surface area (Å²) in [6, 6.07) is 8.18. The minimum Gasteiger partial charge on any atom is -0.448 e. The molecule has 2 heterocycles. The first kappa shape index (κ1) is 16.1. The highest BCUT2D eigenvalue weighted by molar-refractivity contribution is 6.31. The molecule has 0 fully saturated rings. The number of halogens is 1. The summed E-state index contributed by atoms with van der Waals surface area (Å²) in [5.41, 5.74) is 1.14. The number of carbonyl (C=O) groups is 2. The molecule has 0 unspecified atom stereocenters. The minimum absolute atomic E-state index is 0.150. The van der Waals surface area contributed by atoms with E-state index < -0.39 is 12.1 Å². The first-order valence-electron chi connectivity index (χ1n) is 7.15. The lowest BCUT2D eigenvalue weighted by atomic mass is 10.1. The van der Waals surface area contributed by atoms with Crippen molar-refractivity contribution in [1.82, 2.24) is 19.6 Å². The second-order valence-electron chi connectivity index (χ2n) is 5.16. The minimum atomic E-state index is -0.989. The Balaban J connectivity index is 1.78. The van der Waals surface area contributed by atoms with Crippen molar-refractivity contribution in [3.63, 3.8) is 0 Å². The van der Waals surface area contributed by atoms with Gasteiger partial charge < -0.3 is 4.74 Å². The molecule has 0 aliphatic rings. The molecule has 0 aliphatic heterocycles. The van der Waals surface area contributed by atoms with Crippen LogP contribution in [0.25, 0.3) is 5.78 Å². The Morgan fingerprint density at radius 3 is 2.79 bits per heavy atom. The maximum atomic E-state index is 12.3. The number of carbonyl (C=O) groups excluding carboxylic acids is 2. The summed E-state index contributed by atoms with van der Waals surface area (Å²) in [5, 5.41) is 4.48. The lowest BCUT2D eigenvalue weighted by Crippen LogP contribution is -2.25. The van der Waals surface area contributed by atoms with Crippen LogP contribution in [0.15, 0.2) is 36.5 Å². The lowest BCUT2D eigenvalue weighted by molar-refractivity contribution is 0.0307. The van der Waals surface area contributed by atoms with E-state index >= 15 is 0 Å². The van der Waals surface area contributed by atoms with Crippen molar-refractivity contribution in [2.24, 2.45) is 0 Å². The molecule has 7 nitrogen and oxygen atoms in total. The molecule has 3 rings (SSSR count). The van der Waals surface area contributed by atoms with Crippen LogP contribution in [-0.2, 0) is 4.74 Å². The summed E-state index contributed by atoms with van der Waals surface area (Å²) in [7, 11) is 0. The fourth-order valence-corrected chi connectivity index (χ4v) is 2.33. The summed E-state index contributed by atoms with van der Waals surface area (Å²) in [4.78, 5) is 32.5. The van der Waals surface area contributed by atoms with Gasteiger partial charge in [0.25, 0.3) is 11.6 Å². The van der Waals surface area contributed by atoms with Crippen LogP contribution in [-0.4, -0.2) is 37.4 Å². The highest BCUT2D eigenvalue weighted by atomic mass is 35.5. The molecule has 24 heavy (non-hydrogen) atoms. The van der Waals surface area contributed by atoms with Crippen LogP contribution in [0.5, 0.6) is 0 Å². The number of hydrogen-bond acceptors (Lipinski definition) is 6. The second-order valence-corrected chi connectivity index (χ2v) is 5.59. The normalized spacial score (nSPS) is 12.1. The zero-order valence-corrected chi connectivity index (χ0v) is 13.7. The van der Waals surface area contributed by atoms with E-state index in [1.807, 2.05) is 6.92 Å². The molecule has 8 heteroatoms. The Bertz CT molecular complexity index is 938. The van der Waals surface area contributed by atoms with Crippen LogP contribution in [0.1, 0.15) is 33.6 Å². The zero-order chi connectivity index (χ0) is 17.3. The highest BCUT2D eigenvalue weighted by Gasteiger charge is 2.23. The second kappa shape index (κ2) is 6.37. The Morgan fingerprint density at radius 1 is 1.29 bits per heavy atom. The van der Waals surface area contributed by atoms with Crippen LogP contribution in [0.4, 0.5) is 0 Å². The first-order chi connectivity index (χ1) is 11.5. The molecule has 3 aromatic rings. The molecule has 1 atom stereocenters. The molecule has 0 N–H and O–H groups in total. The molecule has 1 aromatic carbocycles. The van der Waals surface area contributed by atoms with Gasteiger partial charge in [-0.25, -0.2) is 14.3 Å². The van der Waals surface area contributed by atoms with Crippen molar-refractivity contribution in [3.8, 4) is 0 Å². The van der Waals surface area contributed by atoms with Crippen molar-refractivity contribution in [2.75, 3.05) is 0 Å². The van der Waals surface area contributed by atoms with Gasteiger partial charge in [-0.1, -0.05) is 23.7 Å². The summed E-state index contributed by atoms with van der Waals surface area (Å²) in [5.74, 6) is -1.01. The van der Waals surface area contributed by atoms with Crippen molar-refractivity contribution in [3.05, 3.63) is 58.6 Å². The summed E-state index contributed by atoms with van der Waals surface area (Å²) in [6.07, 6.45) is 0.580. The average Bonchev–Trinajstić information content (AvgIpc) is 3.00. The summed E-state index contributed by atoms with van der Waals surface area (Å²) < 4.78 is 6.59. The van der Waals surface area contributed by atoms with Crippen LogP contribution < -0.4 is 0 Å². The lowest BCUT2D eigenvalue weighted by Gasteiger charge is -2.11. The smallest absolute Gasteiger partial charge is 0.379 e. The number of rotatable bonds is 4. The molecule has 0 saturated carbocycles. The molecule has 0 saturated heterocycles. The van der Waals surface area contributed by atoms with E-state index in [0.717, 1.165) is 5.69 Å². The van der Waals surface area contributed by atoms with Gasteiger partial charge >= 0.3 is 5.97 Å². The first-order valence-corrected chi connectivity index (χ1v) is 7.52. The number of ether oxygens (including phenoxy) is 1. The third-order valence-electron chi connectivity index (χ3n) is 3.37. The van der Waals surface area contributed by atoms with E-state index in [4.69, 9.17) is 16.3 Å². The number of aryl methyl sites for hydroxylation is 1. The molecule has 0 radical (unpaired) electrons. The van der Waals surface area contributed by atoms with Gasteiger partial charge in [-0.05, 0) is 32.0 Å². The Kier molecular flexibility index (Phi) is 4.26. The van der Waals surface area contributed by atoms with E-state index in [1.165, 1.54) is 17.5 Å². The maximum Gasteiger partial charge on any atom is 0.379 e. The molecule has 0 bridgehead atoms. The van der Waals surface area contributed by atoms with E-state index in [2.05, 4.69) is 15.1 Å². The van der Waals surface area contributed by atoms with E-state index in [9.17, 15) is 9.59 Å². The third kappa shape index (κ3) is 3.11. The highest BCUT2D eigenvalue weighted by Crippen LogP contribution is 2.14. The number of fused-ring (bicyclic) bond motifs is 1. The molecule has 122 valence electrons. The third-order valence-corrected chi connectivity index (χ3v) is 3.61. The number of nitrogens with zero attached hydrogens (tertiary/aromatic N) is 4. The van der Waals surface area contributed by atoms with Gasteiger partial charge in [0.05, 0.1) is 0 Å². The largest absolute Gasteiger partial charge is 0.448 e. The predicted octanol–water partition coefficient (Wildman–Crippen LogP) is 2.51. The van der Waals surface area contributed by atoms with Gasteiger partial charge in [0, 0.05) is 22.5 Å². The predicted molar refractivity (Wildman–Crippen MR) is 86.2 cm³/mol. The van der Waals surface area contributed by atoms with Crippen molar-refractivity contribution in [1.29, 1.82) is 0 Å². The van der Waals surface area contributed by atoms with Crippen molar-refractivity contribution in [2.45, 2.75) is 20.0 Å². The van der Waals surface area contributed by atoms with Gasteiger partial charge in [-0.3, -0.25) is 4.79 Å². The fraction of sp³-hybridized carbons (Fsp3) is 0.188. The zero-order valence-electron chi connectivity index (χ0n) is 12.9. The van der Waals surface area contributed by atoms with Gasteiger partial charge in [0.15, 0.2) is 6.10 Å².